The molecule has 0 spiro atoms. The number of carbonyl (C=O) groups excluding carboxylic acids is 3. The largest absolute Gasteiger partial charge is 1.00 e. The van der Waals surface area contributed by atoms with Gasteiger partial charge in [0.05, 0.1) is 72.4 Å². The van der Waals surface area contributed by atoms with Gasteiger partial charge in [-0.2, -0.15) is 0 Å². The zero-order valence-corrected chi connectivity index (χ0v) is 46.3. The minimum absolute atomic E-state index is 0. The molecule has 66 heavy (non-hydrogen) atoms. The van der Waals surface area contributed by atoms with Crippen molar-refractivity contribution in [2.45, 2.75) is 42.2 Å². The first-order chi connectivity index (χ1) is 30.1. The molecule has 0 aliphatic rings. The molecule has 0 bridgehead atoms. The molecule has 6 aromatic rings. The number of nitrogens with two attached hydrogens (primary N) is 1. The van der Waals surface area contributed by atoms with Gasteiger partial charge in [-0.3, -0.25) is 4.79 Å². The third-order valence-corrected chi connectivity index (χ3v) is 11.9. The Kier molecular flexibility index (Phi) is 31.9. The van der Waals surface area contributed by atoms with Crippen molar-refractivity contribution in [1.82, 2.24) is 4.72 Å². The number of anilines is 2. The van der Waals surface area contributed by atoms with E-state index in [4.69, 9.17) is 52.0 Å². The monoisotopic (exact) mass is 1100 g/mol. The molecule has 5 N–H and O–H groups in total. The Labute approximate surface area is 488 Å². The fourth-order valence-corrected chi connectivity index (χ4v) is 8.03. The number of rotatable bonds is 15. The second-order valence-electron chi connectivity index (χ2n) is 12.2. The summed E-state index contributed by atoms with van der Waals surface area (Å²) in [5.41, 5.74) is 2.80. The molecular formula is C42H45BrCl2K2N4O13S2. The van der Waals surface area contributed by atoms with Crippen LogP contribution in [0.1, 0.15) is 52.2 Å². The molecule has 2 heterocycles. The van der Waals surface area contributed by atoms with Crippen molar-refractivity contribution < 1.29 is 164 Å². The normalized spacial score (nSPS) is 10.1. The molecule has 346 valence electrons. The van der Waals surface area contributed by atoms with Crippen LogP contribution >= 0.6 is 39.1 Å². The first-order valence-corrected chi connectivity index (χ1v) is 22.7. The van der Waals surface area contributed by atoms with Crippen LogP contribution in [-0.4, -0.2) is 49.5 Å². The van der Waals surface area contributed by atoms with Crippen molar-refractivity contribution in [3.05, 3.63) is 166 Å². The summed E-state index contributed by atoms with van der Waals surface area (Å²) in [6.45, 7) is 0.472. The zero-order valence-electron chi connectivity index (χ0n) is 36.3. The number of primary sulfonamides is 1. The molecule has 0 aliphatic heterocycles. The molecule has 6 rings (SSSR count). The van der Waals surface area contributed by atoms with Crippen LogP contribution in [0.4, 0.5) is 11.4 Å². The molecule has 0 saturated carbocycles. The number of methoxy groups -OCH3 is 2. The van der Waals surface area contributed by atoms with E-state index in [-0.39, 0.29) is 169 Å². The maximum absolute atomic E-state index is 12.8. The number of nitrogens with one attached hydrogen (secondary N) is 3. The van der Waals surface area contributed by atoms with Gasteiger partial charge >= 0.3 is 115 Å². The van der Waals surface area contributed by atoms with Gasteiger partial charge in [-0.05, 0) is 59.7 Å². The zero-order chi connectivity index (χ0) is 46.4. The Balaban J connectivity index is 0. The van der Waals surface area contributed by atoms with Crippen molar-refractivity contribution in [2.24, 2.45) is 5.14 Å². The van der Waals surface area contributed by atoms with Crippen LogP contribution in [0.15, 0.2) is 140 Å². The van der Waals surface area contributed by atoms with Crippen LogP contribution in [0.25, 0.3) is 0 Å². The number of carbonyl (C=O) groups is 3. The van der Waals surface area contributed by atoms with Crippen LogP contribution in [0.2, 0.25) is 10.0 Å². The van der Waals surface area contributed by atoms with Crippen LogP contribution in [0, 0.1) is 0 Å². The van der Waals surface area contributed by atoms with Crippen molar-refractivity contribution in [1.29, 1.82) is 0 Å². The van der Waals surface area contributed by atoms with Crippen molar-refractivity contribution >= 4 is 89.0 Å². The third kappa shape index (κ3) is 21.5. The smallest absolute Gasteiger partial charge is 1.00 e. The summed E-state index contributed by atoms with van der Waals surface area (Å²) in [6.07, 6.45) is 3.04. The van der Waals surface area contributed by atoms with Gasteiger partial charge in [0, 0.05) is 11.9 Å². The second-order valence-corrected chi connectivity index (χ2v) is 16.8. The second kappa shape index (κ2) is 33.2. The van der Waals surface area contributed by atoms with Gasteiger partial charge in [0.15, 0.2) is 0 Å². The summed E-state index contributed by atoms with van der Waals surface area (Å²) >= 11 is 15.5. The fourth-order valence-electron chi connectivity index (χ4n) is 4.99. The van der Waals surface area contributed by atoms with Crippen LogP contribution in [-0.2, 0) is 64.2 Å². The Morgan fingerprint density at radius 1 is 0.712 bits per heavy atom. The van der Waals surface area contributed by atoms with E-state index < -0.39 is 32.0 Å². The number of hydrogen-bond donors (Lipinski definition) is 4. The van der Waals surface area contributed by atoms with E-state index >= 15 is 0 Å². The van der Waals surface area contributed by atoms with Gasteiger partial charge in [-0.15, -0.1) is 0 Å². The number of hydrogen-bond acceptors (Lipinski definition) is 15. The number of halogens is 3. The average molecular weight is 1110 g/mol. The van der Waals surface area contributed by atoms with Gasteiger partial charge in [0.25, 0.3) is 6.47 Å². The molecule has 2 aromatic heterocycles. The molecule has 0 aliphatic carbocycles. The molecule has 4 aromatic carbocycles. The number of esters is 2. The van der Waals surface area contributed by atoms with Gasteiger partial charge < -0.3 is 40.5 Å². The standard InChI is InChI=1S/C20H19ClN2O5S.C13H13ClN2O5S.C7H7Br.CH2O3.CH4.2K.H/c1-27-20(24)16-10-19(29(25,26)23-12-14-6-3-2-4-7-14)17(21)11-18(16)22-13-15-8-5-9-28-15;1-20-13(17)9-5-12(22(15,18)19)10(14)6-11(9)16-7-8-3-2-4-21-8;8-6-7-4-2-1-3-5-7;2-1-4-3;;;;/h2-11,22-23H,12-13H2,1H3;2-6,16H,7H2,1H3,(H2,15,18,19);1-5H,6H2;1,3H;1H4;;;/q;;;;;2*+1;-1/p-1. The first kappa shape index (κ1) is 63.6. The summed E-state index contributed by atoms with van der Waals surface area (Å²) in [5.74, 6) is -0.146. The molecule has 0 unspecified atom stereocenters. The molecule has 0 saturated heterocycles. The molecule has 0 radical (unpaired) electrons. The van der Waals surface area contributed by atoms with Gasteiger partial charge in [0.2, 0.25) is 20.0 Å². The predicted molar refractivity (Wildman–Crippen MR) is 244 cm³/mol. The van der Waals surface area contributed by atoms with Gasteiger partial charge in [0.1, 0.15) is 21.3 Å². The summed E-state index contributed by atoms with van der Waals surface area (Å²) in [7, 11) is -5.62. The van der Waals surface area contributed by atoms with E-state index in [1.165, 1.54) is 50.5 Å². The molecule has 0 atom stereocenters. The van der Waals surface area contributed by atoms with E-state index in [0.29, 0.717) is 22.9 Å². The first-order valence-electron chi connectivity index (χ1n) is 17.8. The summed E-state index contributed by atoms with van der Waals surface area (Å²) in [6, 6.07) is 31.3. The van der Waals surface area contributed by atoms with E-state index in [2.05, 4.69) is 53.0 Å². The number of alkyl halides is 1. The Morgan fingerprint density at radius 3 is 1.47 bits per heavy atom. The maximum Gasteiger partial charge on any atom is 1.00 e. The van der Waals surface area contributed by atoms with E-state index in [0.717, 1.165) is 17.0 Å². The van der Waals surface area contributed by atoms with Crippen LogP contribution in [0.3, 0.4) is 0 Å². The van der Waals surface area contributed by atoms with E-state index in [1.807, 2.05) is 36.4 Å². The number of ether oxygens (including phenoxy) is 2. The minimum atomic E-state index is -4.06. The summed E-state index contributed by atoms with van der Waals surface area (Å²) in [5, 5.41) is 20.3. The Morgan fingerprint density at radius 2 is 1.12 bits per heavy atom. The van der Waals surface area contributed by atoms with Gasteiger partial charge in [-0.1, -0.05) is 107 Å². The number of furan rings is 2. The minimum Gasteiger partial charge on any atom is -1.00 e. The predicted octanol–water partition coefficient (Wildman–Crippen LogP) is 1.56. The fraction of sp³-hybridized carbons (Fsp3) is 0.167. The van der Waals surface area contributed by atoms with E-state index in [9.17, 15) is 26.4 Å². The van der Waals surface area contributed by atoms with Crippen molar-refractivity contribution in [3.8, 4) is 0 Å². The van der Waals surface area contributed by atoms with Crippen LogP contribution in [0.5, 0.6) is 0 Å². The Hall–Kier alpha value is -2.44. The summed E-state index contributed by atoms with van der Waals surface area (Å²) in [4.78, 5) is 34.7. The maximum atomic E-state index is 12.8. The summed E-state index contributed by atoms with van der Waals surface area (Å²) < 4.78 is 70.8. The third-order valence-electron chi connectivity index (χ3n) is 7.96. The SMILES string of the molecule is BrCc1ccccc1.C.COC(=O)c1cc(S(=O)(=O)NCc2ccccc2)c(Cl)cc1NCc1ccco1.COC(=O)c1cc(S(N)(=O)=O)c(Cl)cc1NCc1ccco1.O=CO[O-].[H-].[K+].[K+]. The molecule has 24 heteroatoms. The molecule has 0 amide bonds. The topological polar surface area (TPSA) is 259 Å². The van der Waals surface area contributed by atoms with E-state index in [1.54, 1.807) is 36.4 Å². The Bertz CT molecular complexity index is 2610. The average Bonchev–Trinajstić information content (AvgIpc) is 4.02. The van der Waals surface area contributed by atoms with Crippen molar-refractivity contribution in [3.63, 3.8) is 0 Å². The van der Waals surface area contributed by atoms with Crippen LogP contribution < -0.4 is 129 Å². The number of benzene rings is 4. The molecule has 17 nitrogen and oxygen atoms in total. The molecular weight excluding hydrogens is 1060 g/mol. The van der Waals surface area contributed by atoms with Crippen molar-refractivity contribution in [2.75, 3.05) is 24.9 Å². The molecule has 0 fully saturated rings. The van der Waals surface area contributed by atoms with Gasteiger partial charge in [-0.25, -0.2) is 36.3 Å². The number of sulfonamides is 2. The quantitative estimate of drug-likeness (QED) is 0.0284.